The van der Waals surface area contributed by atoms with E-state index in [0.717, 1.165) is 44.6 Å². The van der Waals surface area contributed by atoms with Crippen LogP contribution in [0.25, 0.3) is 0 Å². The maximum atomic E-state index is 14.6. The fourth-order valence-corrected chi connectivity index (χ4v) is 6.34. The summed E-state index contributed by atoms with van der Waals surface area (Å²) < 4.78 is 40.5. The average molecular weight is 447 g/mol. The Morgan fingerprint density at radius 2 is 1.72 bits per heavy atom. The second-order valence-corrected chi connectivity index (χ2v) is 10.2. The minimum absolute atomic E-state index is 0.0188. The Hall–Kier alpha value is -1.42. The SMILES string of the molecule is CCCC1CC=C(C2CCC(C3CCC(c4ccc(OCC)c(F)c4F)CC3)CO2)CC1. The van der Waals surface area contributed by atoms with E-state index in [1.165, 1.54) is 38.5 Å². The minimum atomic E-state index is -0.837. The van der Waals surface area contributed by atoms with Gasteiger partial charge < -0.3 is 9.47 Å². The fourth-order valence-electron chi connectivity index (χ4n) is 6.34. The van der Waals surface area contributed by atoms with Crippen LogP contribution in [-0.2, 0) is 4.74 Å². The monoisotopic (exact) mass is 446 g/mol. The lowest BCUT2D eigenvalue weighted by Crippen LogP contribution is -2.33. The van der Waals surface area contributed by atoms with Crippen LogP contribution in [0.2, 0.25) is 0 Å². The molecule has 2 nitrogen and oxygen atoms in total. The van der Waals surface area contributed by atoms with E-state index in [4.69, 9.17) is 9.47 Å². The van der Waals surface area contributed by atoms with Crippen molar-refractivity contribution in [1.29, 1.82) is 0 Å². The molecule has 1 heterocycles. The highest BCUT2D eigenvalue weighted by atomic mass is 19.2. The Morgan fingerprint density at radius 1 is 0.938 bits per heavy atom. The number of rotatable bonds is 7. The summed E-state index contributed by atoms with van der Waals surface area (Å²) in [5.41, 5.74) is 2.07. The molecule has 0 spiro atoms. The lowest BCUT2D eigenvalue weighted by atomic mass is 9.71. The standard InChI is InChI=1S/C28H40F2O2/c1-3-5-19-6-8-22(9-7-19)25-16-14-23(18-32-25)20-10-12-21(13-11-20)24-15-17-26(31-4-2)28(30)27(24)29/h8,15,17,19-21,23,25H,3-7,9-14,16,18H2,1-2H3. The molecule has 1 saturated carbocycles. The molecule has 0 aromatic heterocycles. The molecular formula is C28H40F2O2. The van der Waals surface area contributed by atoms with Gasteiger partial charge >= 0.3 is 0 Å². The number of halogens is 2. The molecule has 3 aliphatic rings. The molecule has 3 unspecified atom stereocenters. The highest BCUT2D eigenvalue weighted by Gasteiger charge is 2.34. The summed E-state index contributed by atoms with van der Waals surface area (Å²) in [6, 6.07) is 3.31. The van der Waals surface area contributed by atoms with Gasteiger partial charge in [0.15, 0.2) is 11.6 Å². The van der Waals surface area contributed by atoms with Crippen LogP contribution < -0.4 is 4.74 Å². The van der Waals surface area contributed by atoms with E-state index in [-0.39, 0.29) is 11.7 Å². The van der Waals surface area contributed by atoms with Crippen LogP contribution in [0, 0.1) is 29.4 Å². The van der Waals surface area contributed by atoms with Crippen LogP contribution in [0.3, 0.4) is 0 Å². The van der Waals surface area contributed by atoms with Gasteiger partial charge in [-0.2, -0.15) is 4.39 Å². The van der Waals surface area contributed by atoms with Gasteiger partial charge in [-0.3, -0.25) is 0 Å². The first kappa shape index (κ1) is 23.7. The van der Waals surface area contributed by atoms with E-state index in [1.54, 1.807) is 24.6 Å². The van der Waals surface area contributed by atoms with Gasteiger partial charge in [0, 0.05) is 0 Å². The fraction of sp³-hybridized carbons (Fsp3) is 0.714. The summed E-state index contributed by atoms with van der Waals surface area (Å²) in [5.74, 6) is 0.719. The van der Waals surface area contributed by atoms with Crippen molar-refractivity contribution in [2.45, 2.75) is 96.5 Å². The van der Waals surface area contributed by atoms with Crippen molar-refractivity contribution in [3.63, 3.8) is 0 Å². The zero-order chi connectivity index (χ0) is 22.5. The van der Waals surface area contributed by atoms with E-state index < -0.39 is 11.6 Å². The molecule has 178 valence electrons. The maximum Gasteiger partial charge on any atom is 0.200 e. The lowest BCUT2D eigenvalue weighted by Gasteiger charge is -2.39. The average Bonchev–Trinajstić information content (AvgIpc) is 2.83. The second-order valence-electron chi connectivity index (χ2n) is 10.2. The smallest absolute Gasteiger partial charge is 0.200 e. The summed E-state index contributed by atoms with van der Waals surface area (Å²) in [4.78, 5) is 0. The topological polar surface area (TPSA) is 18.5 Å². The van der Waals surface area contributed by atoms with Gasteiger partial charge in [0.25, 0.3) is 0 Å². The molecular weight excluding hydrogens is 406 g/mol. The Kier molecular flexibility index (Phi) is 8.26. The van der Waals surface area contributed by atoms with Gasteiger partial charge in [-0.1, -0.05) is 31.9 Å². The third-order valence-electron chi connectivity index (χ3n) is 8.23. The molecule has 1 saturated heterocycles. The van der Waals surface area contributed by atoms with Gasteiger partial charge in [0.1, 0.15) is 0 Å². The quantitative estimate of drug-likeness (QED) is 0.396. The zero-order valence-corrected chi connectivity index (χ0v) is 19.9. The first-order valence-electron chi connectivity index (χ1n) is 13.0. The van der Waals surface area contributed by atoms with Crippen molar-refractivity contribution in [2.75, 3.05) is 13.2 Å². The van der Waals surface area contributed by atoms with Crippen molar-refractivity contribution in [3.8, 4) is 5.75 Å². The predicted molar refractivity (Wildman–Crippen MR) is 125 cm³/mol. The molecule has 0 N–H and O–H groups in total. The Labute approximate surface area is 192 Å². The molecule has 0 radical (unpaired) electrons. The van der Waals surface area contributed by atoms with Crippen molar-refractivity contribution >= 4 is 0 Å². The summed E-state index contributed by atoms with van der Waals surface area (Å²) >= 11 is 0. The highest BCUT2D eigenvalue weighted by Crippen LogP contribution is 2.43. The van der Waals surface area contributed by atoms with Crippen molar-refractivity contribution in [1.82, 2.24) is 0 Å². The molecule has 2 aliphatic carbocycles. The predicted octanol–water partition coefficient (Wildman–Crippen LogP) is 7.96. The Morgan fingerprint density at radius 3 is 2.34 bits per heavy atom. The van der Waals surface area contributed by atoms with Gasteiger partial charge in [0.2, 0.25) is 5.82 Å². The van der Waals surface area contributed by atoms with E-state index in [0.29, 0.717) is 30.1 Å². The first-order chi connectivity index (χ1) is 15.6. The van der Waals surface area contributed by atoms with E-state index in [2.05, 4.69) is 13.0 Å². The van der Waals surface area contributed by atoms with Crippen molar-refractivity contribution < 1.29 is 18.3 Å². The molecule has 1 aromatic carbocycles. The molecule has 3 atom stereocenters. The van der Waals surface area contributed by atoms with Gasteiger partial charge in [-0.25, -0.2) is 4.39 Å². The molecule has 2 fully saturated rings. The summed E-state index contributed by atoms with van der Waals surface area (Å²) in [5, 5.41) is 0. The second kappa shape index (κ2) is 11.1. The Bertz CT molecular complexity index is 774. The Balaban J connectivity index is 1.26. The van der Waals surface area contributed by atoms with Crippen LogP contribution >= 0.6 is 0 Å². The van der Waals surface area contributed by atoms with Crippen molar-refractivity contribution in [2.24, 2.45) is 17.8 Å². The maximum absolute atomic E-state index is 14.6. The number of ether oxygens (including phenoxy) is 2. The van der Waals surface area contributed by atoms with Crippen molar-refractivity contribution in [3.05, 3.63) is 41.0 Å². The molecule has 4 heteroatoms. The summed E-state index contributed by atoms with van der Waals surface area (Å²) in [6.07, 6.45) is 15.6. The van der Waals surface area contributed by atoms with Crippen LogP contribution in [0.5, 0.6) is 5.75 Å². The number of benzene rings is 1. The molecule has 32 heavy (non-hydrogen) atoms. The third-order valence-corrected chi connectivity index (χ3v) is 8.23. The van der Waals surface area contributed by atoms with Crippen LogP contribution in [-0.4, -0.2) is 19.3 Å². The first-order valence-corrected chi connectivity index (χ1v) is 13.0. The van der Waals surface area contributed by atoms with Gasteiger partial charge in [-0.05, 0) is 106 Å². The molecule has 0 amide bonds. The van der Waals surface area contributed by atoms with Crippen LogP contribution in [0.4, 0.5) is 8.78 Å². The molecule has 4 rings (SSSR count). The molecule has 1 aromatic rings. The molecule has 0 bridgehead atoms. The molecule has 1 aliphatic heterocycles. The third kappa shape index (κ3) is 5.38. The van der Waals surface area contributed by atoms with E-state index in [1.807, 2.05) is 0 Å². The lowest BCUT2D eigenvalue weighted by molar-refractivity contribution is -0.0224. The van der Waals surface area contributed by atoms with Gasteiger partial charge in [-0.15, -0.1) is 0 Å². The van der Waals surface area contributed by atoms with Crippen LogP contribution in [0.1, 0.15) is 96.0 Å². The minimum Gasteiger partial charge on any atom is -0.491 e. The largest absolute Gasteiger partial charge is 0.491 e. The number of hydrogen-bond acceptors (Lipinski definition) is 2. The van der Waals surface area contributed by atoms with Crippen LogP contribution in [0.15, 0.2) is 23.8 Å². The van der Waals surface area contributed by atoms with E-state index >= 15 is 0 Å². The summed E-state index contributed by atoms with van der Waals surface area (Å²) in [6.45, 7) is 5.26. The summed E-state index contributed by atoms with van der Waals surface area (Å²) in [7, 11) is 0. The zero-order valence-electron chi connectivity index (χ0n) is 19.9. The highest BCUT2D eigenvalue weighted by molar-refractivity contribution is 5.33. The normalized spacial score (nSPS) is 31.2. The van der Waals surface area contributed by atoms with E-state index in [9.17, 15) is 8.78 Å². The number of hydrogen-bond donors (Lipinski definition) is 0. The van der Waals surface area contributed by atoms with Gasteiger partial charge in [0.05, 0.1) is 19.3 Å². The number of allylic oxidation sites excluding steroid dienone is 1.